The number of carbonyl (C=O) groups excluding carboxylic acids is 2. The van der Waals surface area contributed by atoms with Gasteiger partial charge in [-0.05, 0) is 74.9 Å². The number of nitrogens with zero attached hydrogens (tertiary/aromatic N) is 1. The maximum Gasteiger partial charge on any atom is 0.407 e. The van der Waals surface area contributed by atoms with Gasteiger partial charge in [0.25, 0.3) is 0 Å². The lowest BCUT2D eigenvalue weighted by Crippen LogP contribution is -2.49. The van der Waals surface area contributed by atoms with Crippen LogP contribution in [0.3, 0.4) is 0 Å². The third kappa shape index (κ3) is 9.96. The lowest BCUT2D eigenvalue weighted by atomic mass is 9.87. The van der Waals surface area contributed by atoms with Crippen molar-refractivity contribution < 1.29 is 38.4 Å². The number of aromatic nitrogens is 1. The predicted octanol–water partition coefficient (Wildman–Crippen LogP) is 6.21. The Kier molecular flexibility index (Phi) is 12.2. The predicted molar refractivity (Wildman–Crippen MR) is 191 cm³/mol. The van der Waals surface area contributed by atoms with Crippen molar-refractivity contribution in [3.05, 3.63) is 113 Å². The zero-order valence-electron chi connectivity index (χ0n) is 28.9. The van der Waals surface area contributed by atoms with Crippen LogP contribution in [-0.4, -0.2) is 64.8 Å². The fraction of sp³-hybridized carbons (Fsp3) is 0.359. The van der Waals surface area contributed by atoms with Gasteiger partial charge in [-0.15, -0.1) is 0 Å². The summed E-state index contributed by atoms with van der Waals surface area (Å²) in [5, 5.41) is 28.6. The Morgan fingerprint density at radius 2 is 1.75 bits per heavy atom. The zero-order chi connectivity index (χ0) is 36.7. The van der Waals surface area contributed by atoms with Crippen LogP contribution < -0.4 is 20.1 Å². The van der Waals surface area contributed by atoms with Gasteiger partial charge in [-0.1, -0.05) is 66.2 Å². The van der Waals surface area contributed by atoms with Gasteiger partial charge in [-0.25, -0.2) is 14.2 Å². The van der Waals surface area contributed by atoms with Crippen LogP contribution in [0.15, 0.2) is 85.1 Å². The molecule has 0 fully saturated rings. The first-order valence-corrected chi connectivity index (χ1v) is 17.1. The minimum Gasteiger partial charge on any atom is -0.489 e. The number of pyridine rings is 1. The molecular formula is C39H43ClFN3O7. The number of methoxy groups -OCH3 is 1. The van der Waals surface area contributed by atoms with E-state index >= 15 is 0 Å². The Morgan fingerprint density at radius 3 is 2.41 bits per heavy atom. The SMILES string of the molecule is COc1ccc(-c2ccc(C[C@H](NC(=O)OC(C)(C)C)[C@@H](O)C[C@@H](Cc3ccccc3F)C(=O)N[C@H]3c4cccc(Cl)c4OC[C@H]3O)cc2)cn1. The summed E-state index contributed by atoms with van der Waals surface area (Å²) >= 11 is 6.34. The zero-order valence-corrected chi connectivity index (χ0v) is 29.7. The molecule has 5 atom stereocenters. The van der Waals surface area contributed by atoms with Gasteiger partial charge in [0.15, 0.2) is 0 Å². The second kappa shape index (κ2) is 16.5. The van der Waals surface area contributed by atoms with Crippen molar-refractivity contribution in [2.75, 3.05) is 13.7 Å². The number of hydrogen-bond donors (Lipinski definition) is 4. The molecule has 12 heteroatoms. The van der Waals surface area contributed by atoms with Gasteiger partial charge >= 0.3 is 6.09 Å². The first-order chi connectivity index (χ1) is 24.3. The quantitative estimate of drug-likeness (QED) is 0.136. The molecule has 0 saturated carbocycles. The summed E-state index contributed by atoms with van der Waals surface area (Å²) in [6.07, 6.45) is -1.40. The lowest BCUT2D eigenvalue weighted by molar-refractivity contribution is -0.128. The molecule has 0 saturated heterocycles. The number of hydrogen-bond acceptors (Lipinski definition) is 8. The summed E-state index contributed by atoms with van der Waals surface area (Å²) in [4.78, 5) is 31.3. The van der Waals surface area contributed by atoms with E-state index in [1.807, 2.05) is 30.3 Å². The van der Waals surface area contributed by atoms with E-state index in [1.165, 1.54) is 6.07 Å². The van der Waals surface area contributed by atoms with Gasteiger partial charge in [0.2, 0.25) is 11.8 Å². The van der Waals surface area contributed by atoms with E-state index in [2.05, 4.69) is 15.6 Å². The third-order valence-electron chi connectivity index (χ3n) is 8.59. The van der Waals surface area contributed by atoms with Crippen molar-refractivity contribution in [1.82, 2.24) is 15.6 Å². The standard InChI is InChI=1S/C39H43ClFN3O7/c1-39(2,3)51-38(48)43-31(18-23-12-14-24(15-13-23)26-16-17-34(49-4)42-21-26)32(45)20-27(19-25-8-5-6-11-30(25)41)37(47)44-35-28-9-7-10-29(40)36(28)50-22-33(35)46/h5-17,21,27,31-33,35,45-46H,18-20,22H2,1-4H3,(H,43,48)(H,44,47)/t27-,31+,32+,33-,35+/m1/s1. The van der Waals surface area contributed by atoms with Gasteiger partial charge in [0.05, 0.1) is 30.3 Å². The highest BCUT2D eigenvalue weighted by Gasteiger charge is 2.36. The van der Waals surface area contributed by atoms with Gasteiger partial charge < -0.3 is 35.1 Å². The normalized spacial score (nSPS) is 17.3. The largest absolute Gasteiger partial charge is 0.489 e. The Bertz CT molecular complexity index is 1800. The van der Waals surface area contributed by atoms with Crippen LogP contribution in [0.25, 0.3) is 11.1 Å². The summed E-state index contributed by atoms with van der Waals surface area (Å²) in [6.45, 7) is 5.10. The molecule has 0 bridgehead atoms. The number of para-hydroxylation sites is 1. The number of rotatable bonds is 12. The highest BCUT2D eigenvalue weighted by molar-refractivity contribution is 6.32. The fourth-order valence-electron chi connectivity index (χ4n) is 6.01. The van der Waals surface area contributed by atoms with Crippen molar-refractivity contribution in [3.63, 3.8) is 0 Å². The first-order valence-electron chi connectivity index (χ1n) is 16.7. The molecule has 2 amide bonds. The average Bonchev–Trinajstić information content (AvgIpc) is 3.09. The maximum absolute atomic E-state index is 14.9. The summed E-state index contributed by atoms with van der Waals surface area (Å²) < 4.78 is 31.2. The highest BCUT2D eigenvalue weighted by Crippen LogP contribution is 2.38. The molecule has 4 aromatic rings. The van der Waals surface area contributed by atoms with E-state index in [0.717, 1.165) is 16.7 Å². The minimum atomic E-state index is -1.27. The molecule has 0 spiro atoms. The van der Waals surface area contributed by atoms with E-state index in [1.54, 1.807) is 76.5 Å². The van der Waals surface area contributed by atoms with Crippen molar-refractivity contribution >= 4 is 23.6 Å². The molecular weight excluding hydrogens is 677 g/mol. The van der Waals surface area contributed by atoms with Gasteiger partial charge in [0, 0.05) is 29.3 Å². The van der Waals surface area contributed by atoms with Gasteiger partial charge in [-0.2, -0.15) is 0 Å². The number of aliphatic hydroxyl groups is 2. The first kappa shape index (κ1) is 37.5. The number of aliphatic hydroxyl groups excluding tert-OH is 2. The van der Waals surface area contributed by atoms with Gasteiger partial charge in [-0.3, -0.25) is 4.79 Å². The molecule has 1 aliphatic rings. The highest BCUT2D eigenvalue weighted by atomic mass is 35.5. The molecule has 51 heavy (non-hydrogen) atoms. The van der Waals surface area contributed by atoms with Crippen LogP contribution in [-0.2, 0) is 22.4 Å². The van der Waals surface area contributed by atoms with E-state index in [9.17, 15) is 24.2 Å². The summed E-state index contributed by atoms with van der Waals surface area (Å²) in [6, 6.07) is 20.6. The Morgan fingerprint density at radius 1 is 1.02 bits per heavy atom. The van der Waals surface area contributed by atoms with Crippen molar-refractivity contribution in [1.29, 1.82) is 0 Å². The molecule has 3 aromatic carbocycles. The van der Waals surface area contributed by atoms with Crippen LogP contribution >= 0.6 is 11.6 Å². The van der Waals surface area contributed by atoms with E-state index in [4.69, 9.17) is 25.8 Å². The number of fused-ring (bicyclic) bond motifs is 1. The van der Waals surface area contributed by atoms with E-state index in [-0.39, 0.29) is 31.4 Å². The smallest absolute Gasteiger partial charge is 0.407 e. The number of ether oxygens (including phenoxy) is 3. The minimum absolute atomic E-state index is 0.0545. The second-order valence-corrected chi connectivity index (χ2v) is 14.0. The van der Waals surface area contributed by atoms with Crippen molar-refractivity contribution in [3.8, 4) is 22.8 Å². The topological polar surface area (TPSA) is 139 Å². The van der Waals surface area contributed by atoms with Gasteiger partial charge in [0.1, 0.15) is 29.9 Å². The average molecular weight is 720 g/mol. The van der Waals surface area contributed by atoms with Crippen LogP contribution in [0.4, 0.5) is 9.18 Å². The summed E-state index contributed by atoms with van der Waals surface area (Å²) in [5.41, 5.74) is 2.57. The molecule has 1 aliphatic heterocycles. The van der Waals surface area contributed by atoms with Crippen LogP contribution in [0.2, 0.25) is 5.02 Å². The molecule has 0 radical (unpaired) electrons. The second-order valence-electron chi connectivity index (χ2n) is 13.6. The molecule has 4 N–H and O–H groups in total. The molecule has 0 aliphatic carbocycles. The lowest BCUT2D eigenvalue weighted by Gasteiger charge is -2.33. The molecule has 1 aromatic heterocycles. The molecule has 2 heterocycles. The molecule has 5 rings (SSSR count). The van der Waals surface area contributed by atoms with Crippen molar-refractivity contribution in [2.45, 2.75) is 69.9 Å². The Balaban J connectivity index is 1.40. The van der Waals surface area contributed by atoms with Crippen molar-refractivity contribution in [2.24, 2.45) is 5.92 Å². The van der Waals surface area contributed by atoms with E-state index < -0.39 is 53.6 Å². The molecule has 270 valence electrons. The number of amides is 2. The van der Waals surface area contributed by atoms with Crippen LogP contribution in [0, 0.1) is 11.7 Å². The summed E-state index contributed by atoms with van der Waals surface area (Å²) in [5.74, 6) is -1.13. The van der Waals surface area contributed by atoms with Crippen LogP contribution in [0.1, 0.15) is 49.9 Å². The number of benzene rings is 3. The Hall–Kier alpha value is -4.71. The number of carbonyl (C=O) groups is 2. The molecule has 10 nitrogen and oxygen atoms in total. The third-order valence-corrected chi connectivity index (χ3v) is 8.89. The fourth-order valence-corrected chi connectivity index (χ4v) is 6.25. The Labute approximate surface area is 301 Å². The van der Waals surface area contributed by atoms with Crippen LogP contribution in [0.5, 0.6) is 11.6 Å². The number of alkyl carbamates (subject to hydrolysis) is 1. The van der Waals surface area contributed by atoms with E-state index in [0.29, 0.717) is 22.2 Å². The number of halogens is 2. The number of nitrogens with one attached hydrogen (secondary N) is 2. The molecule has 0 unspecified atom stereocenters. The monoisotopic (exact) mass is 719 g/mol. The maximum atomic E-state index is 14.9. The summed E-state index contributed by atoms with van der Waals surface area (Å²) in [7, 11) is 1.55.